The van der Waals surface area contributed by atoms with Crippen LogP contribution in [-0.2, 0) is 6.42 Å². The van der Waals surface area contributed by atoms with Crippen LogP contribution in [0.15, 0.2) is 24.3 Å². The van der Waals surface area contributed by atoms with Gasteiger partial charge >= 0.3 is 0 Å². The van der Waals surface area contributed by atoms with Crippen LogP contribution < -0.4 is 5.32 Å². The SMILES string of the molecule is CNC(Cc1ccccc1C)C1(C)CCCCC1. The van der Waals surface area contributed by atoms with Crippen LogP contribution in [0.25, 0.3) is 0 Å². The van der Waals surface area contributed by atoms with Gasteiger partial charge in [0.1, 0.15) is 0 Å². The lowest BCUT2D eigenvalue weighted by Gasteiger charge is -2.41. The first kappa shape index (κ1) is 13.6. The molecule has 1 saturated carbocycles. The molecule has 0 radical (unpaired) electrons. The van der Waals surface area contributed by atoms with Gasteiger partial charge in [-0.1, -0.05) is 50.5 Å². The first-order chi connectivity index (χ1) is 8.65. The molecule has 1 aliphatic rings. The minimum Gasteiger partial charge on any atom is -0.316 e. The summed E-state index contributed by atoms with van der Waals surface area (Å²) in [7, 11) is 2.13. The van der Waals surface area contributed by atoms with Gasteiger partial charge < -0.3 is 5.32 Å². The van der Waals surface area contributed by atoms with E-state index in [1.165, 1.54) is 49.7 Å². The number of benzene rings is 1. The Kier molecular flexibility index (Phi) is 4.45. The van der Waals surface area contributed by atoms with Crippen molar-refractivity contribution >= 4 is 0 Å². The highest BCUT2D eigenvalue weighted by molar-refractivity contribution is 5.26. The van der Waals surface area contributed by atoms with E-state index in [0.29, 0.717) is 11.5 Å². The standard InChI is InChI=1S/C17H27N/c1-14-9-5-6-10-15(14)13-16(18-3)17(2)11-7-4-8-12-17/h5-6,9-10,16,18H,4,7-8,11-13H2,1-3H3. The van der Waals surface area contributed by atoms with Gasteiger partial charge in [-0.05, 0) is 49.8 Å². The lowest BCUT2D eigenvalue weighted by atomic mass is 9.69. The van der Waals surface area contributed by atoms with Crippen LogP contribution in [0.2, 0.25) is 0 Å². The molecule has 1 N–H and O–H groups in total. The highest BCUT2D eigenvalue weighted by atomic mass is 14.9. The molecule has 2 rings (SSSR count). The smallest absolute Gasteiger partial charge is 0.0158 e. The molecule has 1 fully saturated rings. The summed E-state index contributed by atoms with van der Waals surface area (Å²) in [6, 6.07) is 9.42. The normalized spacial score (nSPS) is 20.6. The number of rotatable bonds is 4. The summed E-state index contributed by atoms with van der Waals surface area (Å²) in [6.45, 7) is 4.71. The number of aryl methyl sites for hydroxylation is 1. The molecule has 0 amide bonds. The fourth-order valence-electron chi connectivity index (χ4n) is 3.46. The van der Waals surface area contributed by atoms with Crippen LogP contribution in [0.1, 0.15) is 50.2 Å². The zero-order valence-corrected chi connectivity index (χ0v) is 12.1. The summed E-state index contributed by atoms with van der Waals surface area (Å²) in [5.41, 5.74) is 3.41. The van der Waals surface area contributed by atoms with Gasteiger partial charge in [-0.2, -0.15) is 0 Å². The van der Waals surface area contributed by atoms with E-state index in [2.05, 4.69) is 50.5 Å². The van der Waals surface area contributed by atoms with Gasteiger partial charge in [0.2, 0.25) is 0 Å². The van der Waals surface area contributed by atoms with Gasteiger partial charge in [-0.3, -0.25) is 0 Å². The number of likely N-dealkylation sites (N-methyl/N-ethyl adjacent to an activating group) is 1. The Morgan fingerprint density at radius 2 is 1.83 bits per heavy atom. The molecule has 1 aromatic rings. The van der Waals surface area contributed by atoms with Crippen molar-refractivity contribution in [2.75, 3.05) is 7.05 Å². The quantitative estimate of drug-likeness (QED) is 0.842. The molecule has 0 aliphatic heterocycles. The van der Waals surface area contributed by atoms with E-state index in [4.69, 9.17) is 0 Å². The third kappa shape index (κ3) is 2.95. The predicted molar refractivity (Wildman–Crippen MR) is 78.9 cm³/mol. The van der Waals surface area contributed by atoms with Crippen LogP contribution in [0.4, 0.5) is 0 Å². The summed E-state index contributed by atoms with van der Waals surface area (Å²) in [5.74, 6) is 0. The molecule has 1 heteroatoms. The van der Waals surface area contributed by atoms with Gasteiger partial charge in [-0.15, -0.1) is 0 Å². The van der Waals surface area contributed by atoms with E-state index >= 15 is 0 Å². The summed E-state index contributed by atoms with van der Waals surface area (Å²) >= 11 is 0. The van der Waals surface area contributed by atoms with Crippen LogP contribution in [0, 0.1) is 12.3 Å². The van der Waals surface area contributed by atoms with Gasteiger partial charge in [0.15, 0.2) is 0 Å². The maximum Gasteiger partial charge on any atom is 0.0158 e. The van der Waals surface area contributed by atoms with E-state index in [-0.39, 0.29) is 0 Å². The van der Waals surface area contributed by atoms with Crippen LogP contribution in [-0.4, -0.2) is 13.1 Å². The Morgan fingerprint density at radius 1 is 1.17 bits per heavy atom. The van der Waals surface area contributed by atoms with Crippen LogP contribution >= 0.6 is 0 Å². The van der Waals surface area contributed by atoms with E-state index in [1.54, 1.807) is 0 Å². The Labute approximate surface area is 112 Å². The van der Waals surface area contributed by atoms with Crippen molar-refractivity contribution in [1.29, 1.82) is 0 Å². The van der Waals surface area contributed by atoms with Crippen molar-refractivity contribution in [3.63, 3.8) is 0 Å². The van der Waals surface area contributed by atoms with E-state index in [9.17, 15) is 0 Å². The second-order valence-electron chi connectivity index (χ2n) is 6.19. The predicted octanol–water partition coefficient (Wildman–Crippen LogP) is 4.10. The Morgan fingerprint density at radius 3 is 2.44 bits per heavy atom. The van der Waals surface area contributed by atoms with Crippen molar-refractivity contribution < 1.29 is 0 Å². The maximum absolute atomic E-state index is 3.59. The Balaban J connectivity index is 2.11. The lowest BCUT2D eigenvalue weighted by molar-refractivity contribution is 0.149. The van der Waals surface area contributed by atoms with Gasteiger partial charge in [0, 0.05) is 6.04 Å². The average Bonchev–Trinajstić information content (AvgIpc) is 2.38. The van der Waals surface area contributed by atoms with Crippen LogP contribution in [0.3, 0.4) is 0 Å². The minimum absolute atomic E-state index is 0.481. The summed E-state index contributed by atoms with van der Waals surface area (Å²) in [4.78, 5) is 0. The molecule has 0 spiro atoms. The van der Waals surface area contributed by atoms with Crippen molar-refractivity contribution in [1.82, 2.24) is 5.32 Å². The first-order valence-corrected chi connectivity index (χ1v) is 7.37. The Bertz CT molecular complexity index is 377. The number of hydrogen-bond acceptors (Lipinski definition) is 1. The Hall–Kier alpha value is -0.820. The summed E-state index contributed by atoms with van der Waals surface area (Å²) in [6.07, 6.45) is 8.16. The lowest BCUT2D eigenvalue weighted by Crippen LogP contribution is -2.44. The van der Waals surface area contributed by atoms with Crippen molar-refractivity contribution in [2.24, 2.45) is 5.41 Å². The minimum atomic E-state index is 0.481. The molecule has 0 heterocycles. The molecular formula is C17H27N. The first-order valence-electron chi connectivity index (χ1n) is 7.37. The molecule has 100 valence electrons. The fraction of sp³-hybridized carbons (Fsp3) is 0.647. The second-order valence-corrected chi connectivity index (χ2v) is 6.19. The monoisotopic (exact) mass is 245 g/mol. The molecule has 0 bridgehead atoms. The highest BCUT2D eigenvalue weighted by Crippen LogP contribution is 2.39. The van der Waals surface area contributed by atoms with Crippen LogP contribution in [0.5, 0.6) is 0 Å². The van der Waals surface area contributed by atoms with E-state index < -0.39 is 0 Å². The summed E-state index contributed by atoms with van der Waals surface area (Å²) in [5, 5.41) is 3.59. The van der Waals surface area contributed by atoms with E-state index in [1.807, 2.05) is 0 Å². The zero-order chi connectivity index (χ0) is 13.0. The molecule has 0 saturated heterocycles. The zero-order valence-electron chi connectivity index (χ0n) is 12.1. The van der Waals surface area contributed by atoms with Gasteiger partial charge in [-0.25, -0.2) is 0 Å². The molecule has 1 aromatic carbocycles. The number of nitrogens with one attached hydrogen (secondary N) is 1. The molecule has 1 unspecified atom stereocenters. The largest absolute Gasteiger partial charge is 0.316 e. The van der Waals surface area contributed by atoms with Crippen molar-refractivity contribution in [3.05, 3.63) is 35.4 Å². The molecule has 0 aromatic heterocycles. The summed E-state index contributed by atoms with van der Waals surface area (Å²) < 4.78 is 0. The average molecular weight is 245 g/mol. The van der Waals surface area contributed by atoms with E-state index in [0.717, 1.165) is 0 Å². The molecular weight excluding hydrogens is 218 g/mol. The molecule has 1 atom stereocenters. The van der Waals surface area contributed by atoms with Gasteiger partial charge in [0.05, 0.1) is 0 Å². The van der Waals surface area contributed by atoms with Crippen molar-refractivity contribution in [3.8, 4) is 0 Å². The number of hydrogen-bond donors (Lipinski definition) is 1. The molecule has 18 heavy (non-hydrogen) atoms. The molecule has 1 aliphatic carbocycles. The topological polar surface area (TPSA) is 12.0 Å². The van der Waals surface area contributed by atoms with Crippen molar-refractivity contribution in [2.45, 2.75) is 58.4 Å². The third-order valence-corrected chi connectivity index (χ3v) is 4.87. The maximum atomic E-state index is 3.59. The fourth-order valence-corrected chi connectivity index (χ4v) is 3.46. The third-order valence-electron chi connectivity index (χ3n) is 4.87. The van der Waals surface area contributed by atoms with Gasteiger partial charge in [0.25, 0.3) is 0 Å². The highest BCUT2D eigenvalue weighted by Gasteiger charge is 2.34. The second kappa shape index (κ2) is 5.88. The molecule has 1 nitrogen and oxygen atoms in total.